The SMILES string of the molecule is Cc1cc(CN2CCN(C(=O)C3CCCC(N)C3)CC2)no1. The van der Waals surface area contributed by atoms with E-state index in [9.17, 15) is 4.79 Å². The summed E-state index contributed by atoms with van der Waals surface area (Å²) >= 11 is 0. The van der Waals surface area contributed by atoms with Gasteiger partial charge in [0.2, 0.25) is 5.91 Å². The standard InChI is InChI=1S/C16H26N4O2/c1-12-9-15(18-22-12)11-19-5-7-20(8-6-19)16(21)13-3-2-4-14(17)10-13/h9,13-14H,2-8,10-11,17H2,1H3. The number of piperazine rings is 1. The second kappa shape index (κ2) is 6.79. The minimum atomic E-state index is 0.147. The molecule has 1 aromatic rings. The fraction of sp³-hybridized carbons (Fsp3) is 0.750. The van der Waals surface area contributed by atoms with Gasteiger partial charge in [0.15, 0.2) is 0 Å². The van der Waals surface area contributed by atoms with Gasteiger partial charge in [-0.15, -0.1) is 0 Å². The Morgan fingerprint density at radius 1 is 1.36 bits per heavy atom. The van der Waals surface area contributed by atoms with Gasteiger partial charge >= 0.3 is 0 Å². The zero-order valence-electron chi connectivity index (χ0n) is 13.3. The molecule has 3 rings (SSSR count). The van der Waals surface area contributed by atoms with Crippen molar-refractivity contribution in [2.45, 2.75) is 45.2 Å². The molecule has 1 saturated carbocycles. The molecule has 1 aliphatic carbocycles. The lowest BCUT2D eigenvalue weighted by Gasteiger charge is -2.37. The maximum absolute atomic E-state index is 12.6. The van der Waals surface area contributed by atoms with Crippen LogP contribution in [0.2, 0.25) is 0 Å². The van der Waals surface area contributed by atoms with Crippen molar-refractivity contribution in [2.24, 2.45) is 11.7 Å². The summed E-state index contributed by atoms with van der Waals surface area (Å²) in [6, 6.07) is 2.18. The van der Waals surface area contributed by atoms with Crippen molar-refractivity contribution in [2.75, 3.05) is 26.2 Å². The lowest BCUT2D eigenvalue weighted by molar-refractivity contribution is -0.138. The first-order valence-corrected chi connectivity index (χ1v) is 8.31. The highest BCUT2D eigenvalue weighted by Crippen LogP contribution is 2.25. The van der Waals surface area contributed by atoms with Gasteiger partial charge in [-0.25, -0.2) is 0 Å². The number of nitrogens with zero attached hydrogens (tertiary/aromatic N) is 3. The molecule has 6 nitrogen and oxygen atoms in total. The molecule has 22 heavy (non-hydrogen) atoms. The number of amides is 1. The average Bonchev–Trinajstić information content (AvgIpc) is 2.92. The van der Waals surface area contributed by atoms with E-state index in [-0.39, 0.29) is 12.0 Å². The van der Waals surface area contributed by atoms with Crippen LogP contribution in [0.4, 0.5) is 0 Å². The molecular weight excluding hydrogens is 280 g/mol. The maximum Gasteiger partial charge on any atom is 0.225 e. The van der Waals surface area contributed by atoms with E-state index in [0.29, 0.717) is 5.91 Å². The van der Waals surface area contributed by atoms with Crippen molar-refractivity contribution in [3.05, 3.63) is 17.5 Å². The third-order valence-corrected chi connectivity index (χ3v) is 4.81. The predicted molar refractivity (Wildman–Crippen MR) is 83.0 cm³/mol. The molecule has 1 aromatic heterocycles. The molecule has 2 atom stereocenters. The Bertz CT molecular complexity index is 508. The average molecular weight is 306 g/mol. The number of aromatic nitrogens is 1. The molecule has 0 bridgehead atoms. The summed E-state index contributed by atoms with van der Waals surface area (Å²) in [6.45, 7) is 6.12. The number of carbonyl (C=O) groups is 1. The Balaban J connectivity index is 1.47. The van der Waals surface area contributed by atoms with Crippen LogP contribution in [0.25, 0.3) is 0 Å². The van der Waals surface area contributed by atoms with Crippen molar-refractivity contribution in [3.63, 3.8) is 0 Å². The van der Waals surface area contributed by atoms with Crippen LogP contribution in [0.15, 0.2) is 10.6 Å². The van der Waals surface area contributed by atoms with Gasteiger partial charge in [0, 0.05) is 50.7 Å². The molecule has 0 radical (unpaired) electrons. The molecule has 0 spiro atoms. The van der Waals surface area contributed by atoms with Crippen LogP contribution in [-0.4, -0.2) is 53.1 Å². The Morgan fingerprint density at radius 2 is 2.14 bits per heavy atom. The monoisotopic (exact) mass is 306 g/mol. The van der Waals surface area contributed by atoms with Crippen molar-refractivity contribution >= 4 is 5.91 Å². The number of hydrogen-bond donors (Lipinski definition) is 1. The molecule has 2 unspecified atom stereocenters. The smallest absolute Gasteiger partial charge is 0.225 e. The molecule has 1 amide bonds. The highest BCUT2D eigenvalue weighted by atomic mass is 16.5. The molecule has 122 valence electrons. The first kappa shape index (κ1) is 15.5. The Labute approximate surface area is 131 Å². The predicted octanol–water partition coefficient (Wildman–Crippen LogP) is 1.14. The van der Waals surface area contributed by atoms with Gasteiger partial charge in [-0.2, -0.15) is 0 Å². The van der Waals surface area contributed by atoms with Gasteiger partial charge in [0.05, 0.1) is 5.69 Å². The van der Waals surface area contributed by atoms with E-state index in [1.54, 1.807) is 0 Å². The van der Waals surface area contributed by atoms with E-state index in [2.05, 4.69) is 10.1 Å². The van der Waals surface area contributed by atoms with E-state index in [0.717, 1.165) is 69.9 Å². The number of carbonyl (C=O) groups excluding carboxylic acids is 1. The lowest BCUT2D eigenvalue weighted by atomic mass is 9.85. The van der Waals surface area contributed by atoms with Gasteiger partial charge < -0.3 is 15.2 Å². The van der Waals surface area contributed by atoms with E-state index < -0.39 is 0 Å². The largest absolute Gasteiger partial charge is 0.361 e. The normalized spacial score (nSPS) is 27.1. The van der Waals surface area contributed by atoms with E-state index in [1.807, 2.05) is 17.9 Å². The molecule has 2 aliphatic rings. The van der Waals surface area contributed by atoms with Crippen molar-refractivity contribution in [3.8, 4) is 0 Å². The fourth-order valence-electron chi connectivity index (χ4n) is 3.56. The van der Waals surface area contributed by atoms with Crippen LogP contribution in [-0.2, 0) is 11.3 Å². The van der Waals surface area contributed by atoms with Crippen molar-refractivity contribution in [1.29, 1.82) is 0 Å². The summed E-state index contributed by atoms with van der Waals surface area (Å²) < 4.78 is 5.10. The van der Waals surface area contributed by atoms with Gasteiger partial charge in [0.25, 0.3) is 0 Å². The second-order valence-electron chi connectivity index (χ2n) is 6.65. The number of rotatable bonds is 3. The van der Waals surface area contributed by atoms with Crippen LogP contribution < -0.4 is 5.73 Å². The van der Waals surface area contributed by atoms with Crippen molar-refractivity contribution in [1.82, 2.24) is 15.0 Å². The summed E-state index contributed by atoms with van der Waals surface area (Å²) in [7, 11) is 0. The molecule has 1 aliphatic heterocycles. The van der Waals surface area contributed by atoms with Crippen LogP contribution in [0.1, 0.15) is 37.1 Å². The molecular formula is C16H26N4O2. The Hall–Kier alpha value is -1.40. The number of hydrogen-bond acceptors (Lipinski definition) is 5. The van der Waals surface area contributed by atoms with E-state index in [1.165, 1.54) is 0 Å². The molecule has 2 fully saturated rings. The summed E-state index contributed by atoms with van der Waals surface area (Å²) in [6.07, 6.45) is 4.01. The van der Waals surface area contributed by atoms with E-state index in [4.69, 9.17) is 10.3 Å². The first-order chi connectivity index (χ1) is 10.6. The zero-order valence-corrected chi connectivity index (χ0v) is 13.3. The summed E-state index contributed by atoms with van der Waals surface area (Å²) in [5, 5.41) is 4.03. The van der Waals surface area contributed by atoms with Gasteiger partial charge in [-0.05, 0) is 26.2 Å². The number of aryl methyl sites for hydroxylation is 1. The fourth-order valence-corrected chi connectivity index (χ4v) is 3.56. The van der Waals surface area contributed by atoms with Crippen LogP contribution in [0.5, 0.6) is 0 Å². The van der Waals surface area contributed by atoms with Gasteiger partial charge in [-0.1, -0.05) is 11.6 Å². The van der Waals surface area contributed by atoms with Crippen LogP contribution in [0.3, 0.4) is 0 Å². The maximum atomic E-state index is 12.6. The lowest BCUT2D eigenvalue weighted by Crippen LogP contribution is -2.51. The number of nitrogens with two attached hydrogens (primary N) is 1. The highest BCUT2D eigenvalue weighted by molar-refractivity contribution is 5.79. The van der Waals surface area contributed by atoms with Gasteiger partial charge in [0.1, 0.15) is 5.76 Å². The zero-order chi connectivity index (χ0) is 15.5. The van der Waals surface area contributed by atoms with Crippen LogP contribution in [0, 0.1) is 12.8 Å². The van der Waals surface area contributed by atoms with Crippen LogP contribution >= 0.6 is 0 Å². The Morgan fingerprint density at radius 3 is 2.77 bits per heavy atom. The quantitative estimate of drug-likeness (QED) is 0.906. The third-order valence-electron chi connectivity index (χ3n) is 4.81. The summed E-state index contributed by atoms with van der Waals surface area (Å²) in [4.78, 5) is 16.9. The summed E-state index contributed by atoms with van der Waals surface area (Å²) in [5.74, 6) is 1.30. The second-order valence-corrected chi connectivity index (χ2v) is 6.65. The van der Waals surface area contributed by atoms with E-state index >= 15 is 0 Å². The minimum Gasteiger partial charge on any atom is -0.361 e. The minimum absolute atomic E-state index is 0.147. The molecule has 0 aromatic carbocycles. The topological polar surface area (TPSA) is 75.6 Å². The molecule has 6 heteroatoms. The molecule has 2 N–H and O–H groups in total. The van der Waals surface area contributed by atoms with Crippen molar-refractivity contribution < 1.29 is 9.32 Å². The molecule has 1 saturated heterocycles. The van der Waals surface area contributed by atoms with Gasteiger partial charge in [-0.3, -0.25) is 9.69 Å². The highest BCUT2D eigenvalue weighted by Gasteiger charge is 2.30. The first-order valence-electron chi connectivity index (χ1n) is 8.31. The summed E-state index contributed by atoms with van der Waals surface area (Å²) in [5.41, 5.74) is 6.98. The Kier molecular flexibility index (Phi) is 4.78. The third kappa shape index (κ3) is 3.67. The molecule has 2 heterocycles.